The van der Waals surface area contributed by atoms with Crippen LogP contribution in [0, 0.1) is 5.92 Å². The molecule has 0 aliphatic heterocycles. The summed E-state index contributed by atoms with van der Waals surface area (Å²) in [7, 11) is 1.87. The molecule has 0 radical (unpaired) electrons. The third kappa shape index (κ3) is 4.82. The highest BCUT2D eigenvalue weighted by Crippen LogP contribution is 2.35. The number of hydrogen-bond donors (Lipinski definition) is 2. The molecule has 1 amide bonds. The molecule has 4 heterocycles. The Morgan fingerprint density at radius 3 is 2.80 bits per heavy atom. The maximum atomic E-state index is 12.7. The van der Waals surface area contributed by atoms with Gasteiger partial charge >= 0.3 is 0 Å². The van der Waals surface area contributed by atoms with Crippen LogP contribution in [0.3, 0.4) is 0 Å². The predicted octanol–water partition coefficient (Wildman–Crippen LogP) is 4.02. The molecule has 5 rings (SSSR count). The van der Waals surface area contributed by atoms with E-state index in [0.717, 1.165) is 58.8 Å². The van der Waals surface area contributed by atoms with Crippen molar-refractivity contribution in [2.45, 2.75) is 57.7 Å². The van der Waals surface area contributed by atoms with Crippen LogP contribution in [0.2, 0.25) is 4.34 Å². The van der Waals surface area contributed by atoms with E-state index < -0.39 is 12.1 Å². The number of aliphatic hydroxyl groups is 1. The van der Waals surface area contributed by atoms with Crippen LogP contribution in [0.25, 0.3) is 22.4 Å². The monoisotopic (exact) mass is 513 g/mol. The second-order valence-corrected chi connectivity index (χ2v) is 11.1. The van der Waals surface area contributed by atoms with Gasteiger partial charge in [0.25, 0.3) is 5.91 Å². The van der Waals surface area contributed by atoms with Gasteiger partial charge in [-0.05, 0) is 37.3 Å². The number of pyridine rings is 1. The Balaban J connectivity index is 1.51. The summed E-state index contributed by atoms with van der Waals surface area (Å²) in [6.45, 7) is 4.31. The molecule has 3 atom stereocenters. The number of aromatic nitrogens is 6. The van der Waals surface area contributed by atoms with Crippen LogP contribution in [0.4, 0.5) is 0 Å². The molecule has 0 spiro atoms. The SMILES string of the molecule is CC(C)Cc1nc2cnc(-c3ccn(C)n3)cc2n1[C@@H]1CCC[C@H](NC(=O)c2ncc(Cl)s2)[C@H]1O. The van der Waals surface area contributed by atoms with E-state index in [1.54, 1.807) is 10.9 Å². The molecule has 0 unspecified atom stereocenters. The lowest BCUT2D eigenvalue weighted by Gasteiger charge is -2.37. The molecule has 1 aliphatic carbocycles. The first-order valence-electron chi connectivity index (χ1n) is 11.8. The van der Waals surface area contributed by atoms with Gasteiger partial charge in [-0.1, -0.05) is 36.8 Å². The minimum absolute atomic E-state index is 0.230. The lowest BCUT2D eigenvalue weighted by atomic mass is 9.87. The number of nitrogens with one attached hydrogen (secondary N) is 1. The number of aliphatic hydroxyl groups excluding tert-OH is 1. The Morgan fingerprint density at radius 2 is 2.11 bits per heavy atom. The molecule has 4 aromatic heterocycles. The van der Waals surface area contributed by atoms with Gasteiger partial charge in [0.1, 0.15) is 21.4 Å². The molecule has 1 saturated carbocycles. The zero-order chi connectivity index (χ0) is 24.7. The van der Waals surface area contributed by atoms with E-state index in [2.05, 4.69) is 38.8 Å². The fourth-order valence-electron chi connectivity index (χ4n) is 4.81. The standard InChI is InChI=1S/C24H28ClN7O2S/c1-13(2)9-21-28-17-11-26-16(14-7-8-31(3)30-14)10-19(17)32(21)18-6-4-5-15(22(18)33)29-23(34)24-27-12-20(25)35-24/h7-8,10-13,15,18,22,33H,4-6,9H2,1-3H3,(H,29,34)/t15-,18+,22+/m0/s1. The molecule has 9 nitrogen and oxygen atoms in total. The minimum atomic E-state index is -0.780. The second-order valence-electron chi connectivity index (χ2n) is 9.47. The van der Waals surface area contributed by atoms with Gasteiger partial charge in [-0.3, -0.25) is 14.5 Å². The maximum absolute atomic E-state index is 12.7. The number of nitrogens with zero attached hydrogens (tertiary/aromatic N) is 6. The minimum Gasteiger partial charge on any atom is -0.389 e. The maximum Gasteiger partial charge on any atom is 0.280 e. The highest BCUT2D eigenvalue weighted by molar-refractivity contribution is 7.17. The Hall–Kier alpha value is -2.82. The first-order chi connectivity index (χ1) is 16.8. The Kier molecular flexibility index (Phi) is 6.61. The zero-order valence-electron chi connectivity index (χ0n) is 19.8. The number of thiazole rings is 1. The van der Waals surface area contributed by atoms with Crippen molar-refractivity contribution in [3.63, 3.8) is 0 Å². The van der Waals surface area contributed by atoms with Gasteiger partial charge in [-0.25, -0.2) is 9.97 Å². The quantitative estimate of drug-likeness (QED) is 0.403. The molecule has 11 heteroatoms. The van der Waals surface area contributed by atoms with Crippen LogP contribution < -0.4 is 5.32 Å². The lowest BCUT2D eigenvalue weighted by Crippen LogP contribution is -2.49. The number of carbonyl (C=O) groups excluding carboxylic acids is 1. The molecule has 1 fully saturated rings. The van der Waals surface area contributed by atoms with Crippen molar-refractivity contribution in [3.8, 4) is 11.4 Å². The van der Waals surface area contributed by atoms with Crippen LogP contribution in [0.15, 0.2) is 30.7 Å². The zero-order valence-corrected chi connectivity index (χ0v) is 21.4. The molecular formula is C24H28ClN7O2S. The molecular weight excluding hydrogens is 486 g/mol. The number of imidazole rings is 1. The van der Waals surface area contributed by atoms with E-state index in [0.29, 0.717) is 21.7 Å². The van der Waals surface area contributed by atoms with Gasteiger partial charge in [-0.2, -0.15) is 5.10 Å². The van der Waals surface area contributed by atoms with E-state index in [-0.39, 0.29) is 11.9 Å². The smallest absolute Gasteiger partial charge is 0.280 e. The number of hydrogen-bond acceptors (Lipinski definition) is 7. The van der Waals surface area contributed by atoms with Crippen molar-refractivity contribution in [1.29, 1.82) is 0 Å². The van der Waals surface area contributed by atoms with Gasteiger partial charge in [0.05, 0.1) is 41.8 Å². The van der Waals surface area contributed by atoms with Gasteiger partial charge < -0.3 is 15.0 Å². The van der Waals surface area contributed by atoms with Crippen molar-refractivity contribution in [1.82, 2.24) is 34.6 Å². The van der Waals surface area contributed by atoms with Crippen molar-refractivity contribution >= 4 is 39.9 Å². The van der Waals surface area contributed by atoms with Crippen molar-refractivity contribution < 1.29 is 9.90 Å². The number of carbonyl (C=O) groups is 1. The van der Waals surface area contributed by atoms with Crippen LogP contribution >= 0.6 is 22.9 Å². The normalized spacial score (nSPS) is 20.6. The topological polar surface area (TPSA) is 111 Å². The molecule has 2 N–H and O–H groups in total. The van der Waals surface area contributed by atoms with Gasteiger partial charge in [0.15, 0.2) is 5.01 Å². The van der Waals surface area contributed by atoms with Crippen LogP contribution in [-0.2, 0) is 13.5 Å². The molecule has 0 saturated heterocycles. The van der Waals surface area contributed by atoms with E-state index in [1.165, 1.54) is 6.20 Å². The van der Waals surface area contributed by atoms with E-state index in [1.807, 2.05) is 25.4 Å². The van der Waals surface area contributed by atoms with Gasteiger partial charge in [-0.15, -0.1) is 0 Å². The van der Waals surface area contributed by atoms with Gasteiger partial charge in [0.2, 0.25) is 0 Å². The highest BCUT2D eigenvalue weighted by atomic mass is 35.5. The fraction of sp³-hybridized carbons (Fsp3) is 0.458. The molecule has 35 heavy (non-hydrogen) atoms. The summed E-state index contributed by atoms with van der Waals surface area (Å²) in [4.78, 5) is 26.3. The van der Waals surface area contributed by atoms with Crippen LogP contribution in [0.1, 0.15) is 54.8 Å². The summed E-state index contributed by atoms with van der Waals surface area (Å²) in [6, 6.07) is 3.30. The lowest BCUT2D eigenvalue weighted by molar-refractivity contribution is 0.0402. The summed E-state index contributed by atoms with van der Waals surface area (Å²) in [5.74, 6) is 0.989. The Labute approximate surface area is 212 Å². The largest absolute Gasteiger partial charge is 0.389 e. The summed E-state index contributed by atoms with van der Waals surface area (Å²) in [6.07, 6.45) is 7.46. The number of halogens is 1. The first-order valence-corrected chi connectivity index (χ1v) is 13.0. The molecule has 4 aromatic rings. The van der Waals surface area contributed by atoms with Gasteiger partial charge in [0, 0.05) is 19.7 Å². The van der Waals surface area contributed by atoms with E-state index in [9.17, 15) is 9.90 Å². The molecule has 0 bridgehead atoms. The summed E-state index contributed by atoms with van der Waals surface area (Å²) in [5.41, 5.74) is 3.24. The summed E-state index contributed by atoms with van der Waals surface area (Å²) >= 11 is 7.07. The summed E-state index contributed by atoms with van der Waals surface area (Å²) in [5, 5.41) is 19.2. The number of amides is 1. The Bertz CT molecular complexity index is 1360. The molecule has 1 aliphatic rings. The second kappa shape index (κ2) is 9.67. The molecule has 184 valence electrons. The fourth-order valence-corrected chi connectivity index (χ4v) is 5.62. The van der Waals surface area contributed by atoms with E-state index in [4.69, 9.17) is 16.6 Å². The van der Waals surface area contributed by atoms with E-state index >= 15 is 0 Å². The van der Waals surface area contributed by atoms with Crippen molar-refractivity contribution in [3.05, 3.63) is 45.9 Å². The predicted molar refractivity (Wildman–Crippen MR) is 136 cm³/mol. The number of fused-ring (bicyclic) bond motifs is 1. The molecule has 0 aromatic carbocycles. The number of rotatable bonds is 6. The Morgan fingerprint density at radius 1 is 1.29 bits per heavy atom. The van der Waals surface area contributed by atoms with Crippen molar-refractivity contribution in [2.75, 3.05) is 0 Å². The highest BCUT2D eigenvalue weighted by Gasteiger charge is 2.36. The third-order valence-corrected chi connectivity index (χ3v) is 7.47. The summed E-state index contributed by atoms with van der Waals surface area (Å²) < 4.78 is 4.36. The average Bonchev–Trinajstić information content (AvgIpc) is 3.53. The van der Waals surface area contributed by atoms with Crippen LogP contribution in [0.5, 0.6) is 0 Å². The van der Waals surface area contributed by atoms with Crippen LogP contribution in [-0.4, -0.2) is 52.5 Å². The third-order valence-electron chi connectivity index (χ3n) is 6.36. The number of aryl methyl sites for hydroxylation is 1. The average molecular weight is 514 g/mol. The van der Waals surface area contributed by atoms with Crippen molar-refractivity contribution in [2.24, 2.45) is 13.0 Å². The first kappa shape index (κ1) is 23.9.